The summed E-state index contributed by atoms with van der Waals surface area (Å²) in [6.45, 7) is 7.08. The van der Waals surface area contributed by atoms with Crippen LogP contribution in [0.5, 0.6) is 11.5 Å². The van der Waals surface area contributed by atoms with Crippen LogP contribution in [0.1, 0.15) is 38.6 Å². The lowest BCUT2D eigenvalue weighted by molar-refractivity contribution is 0.0922. The highest BCUT2D eigenvalue weighted by Crippen LogP contribution is 2.26. The van der Waals surface area contributed by atoms with Gasteiger partial charge in [0.05, 0.1) is 7.11 Å². The molecule has 0 unspecified atom stereocenters. The average Bonchev–Trinajstić information content (AvgIpc) is 3.17. The fourth-order valence-corrected chi connectivity index (χ4v) is 3.46. The third-order valence-corrected chi connectivity index (χ3v) is 4.83. The maximum Gasteiger partial charge on any atom is 0.287 e. The molecule has 2 aromatic carbocycles. The number of hydrogen-bond donors (Lipinski definition) is 1. The Morgan fingerprint density at radius 3 is 2.38 bits per heavy atom. The number of benzene rings is 2. The third kappa shape index (κ3) is 5.19. The second kappa shape index (κ2) is 9.32. The van der Waals surface area contributed by atoms with Crippen LogP contribution in [0.3, 0.4) is 0 Å². The van der Waals surface area contributed by atoms with Crippen molar-refractivity contribution in [3.8, 4) is 11.5 Å². The van der Waals surface area contributed by atoms with Crippen LogP contribution in [-0.4, -0.2) is 19.6 Å². The zero-order chi connectivity index (χ0) is 20.8. The van der Waals surface area contributed by atoms with E-state index in [2.05, 4.69) is 38.2 Å². The van der Waals surface area contributed by atoms with Crippen LogP contribution in [-0.2, 0) is 13.0 Å². The summed E-state index contributed by atoms with van der Waals surface area (Å²) in [5.41, 5.74) is 5.04. The first-order valence-corrected chi connectivity index (χ1v) is 9.67. The minimum Gasteiger partial charge on any atom is -0.493 e. The number of para-hydroxylation sites is 2. The van der Waals surface area contributed by atoms with Gasteiger partial charge in [0.2, 0.25) is 0 Å². The highest BCUT2D eigenvalue weighted by molar-refractivity contribution is 5.91. The van der Waals surface area contributed by atoms with Gasteiger partial charge in [0.15, 0.2) is 17.3 Å². The summed E-state index contributed by atoms with van der Waals surface area (Å²) in [5.74, 6) is 1.91. The van der Waals surface area contributed by atoms with Crippen molar-refractivity contribution in [2.45, 2.75) is 33.8 Å². The third-order valence-electron chi connectivity index (χ3n) is 4.83. The molecule has 1 heterocycles. The van der Waals surface area contributed by atoms with Crippen LogP contribution in [0.15, 0.2) is 52.9 Å². The van der Waals surface area contributed by atoms with E-state index in [1.165, 1.54) is 22.3 Å². The van der Waals surface area contributed by atoms with E-state index in [9.17, 15) is 4.79 Å². The molecule has 0 saturated carbocycles. The summed E-state index contributed by atoms with van der Waals surface area (Å²) in [6.07, 6.45) is 0.786. The summed E-state index contributed by atoms with van der Waals surface area (Å²) in [4.78, 5) is 12.4. The molecular weight excluding hydrogens is 366 g/mol. The van der Waals surface area contributed by atoms with E-state index in [0.29, 0.717) is 23.8 Å². The van der Waals surface area contributed by atoms with Crippen LogP contribution in [0.4, 0.5) is 0 Å². The first kappa shape index (κ1) is 20.5. The van der Waals surface area contributed by atoms with E-state index in [4.69, 9.17) is 13.9 Å². The summed E-state index contributed by atoms with van der Waals surface area (Å²) in [6, 6.07) is 15.2. The van der Waals surface area contributed by atoms with Gasteiger partial charge in [0.25, 0.3) is 5.91 Å². The van der Waals surface area contributed by atoms with Crippen LogP contribution >= 0.6 is 0 Å². The summed E-state index contributed by atoms with van der Waals surface area (Å²) in [5, 5.41) is 2.93. The molecule has 1 amide bonds. The normalized spacial score (nSPS) is 10.6. The molecule has 0 aliphatic carbocycles. The van der Waals surface area contributed by atoms with Gasteiger partial charge in [0.1, 0.15) is 12.4 Å². The van der Waals surface area contributed by atoms with Gasteiger partial charge in [-0.05, 0) is 68.1 Å². The number of hydrogen-bond acceptors (Lipinski definition) is 4. The van der Waals surface area contributed by atoms with Gasteiger partial charge in [0, 0.05) is 6.54 Å². The van der Waals surface area contributed by atoms with Crippen molar-refractivity contribution in [3.63, 3.8) is 0 Å². The molecular formula is C24H27NO4. The Kier molecular flexibility index (Phi) is 6.60. The maximum atomic E-state index is 12.4. The van der Waals surface area contributed by atoms with Crippen molar-refractivity contribution in [3.05, 3.63) is 82.3 Å². The van der Waals surface area contributed by atoms with Gasteiger partial charge in [-0.1, -0.05) is 29.8 Å². The predicted molar refractivity (Wildman–Crippen MR) is 113 cm³/mol. The molecule has 0 aliphatic rings. The van der Waals surface area contributed by atoms with Crippen molar-refractivity contribution in [2.24, 2.45) is 0 Å². The highest BCUT2D eigenvalue weighted by Gasteiger charge is 2.12. The van der Waals surface area contributed by atoms with Crippen molar-refractivity contribution in [2.75, 3.05) is 13.7 Å². The molecule has 1 N–H and O–H groups in total. The number of furan rings is 1. The monoisotopic (exact) mass is 393 g/mol. The zero-order valence-electron chi connectivity index (χ0n) is 17.4. The topological polar surface area (TPSA) is 60.7 Å². The van der Waals surface area contributed by atoms with E-state index in [1.54, 1.807) is 19.2 Å². The minimum atomic E-state index is -0.226. The first-order chi connectivity index (χ1) is 14.0. The maximum absolute atomic E-state index is 12.4. The van der Waals surface area contributed by atoms with E-state index < -0.39 is 0 Å². The lowest BCUT2D eigenvalue weighted by atomic mass is 9.97. The van der Waals surface area contributed by atoms with Crippen molar-refractivity contribution in [1.82, 2.24) is 5.32 Å². The number of nitrogens with one attached hydrogen (secondary N) is 1. The molecule has 5 nitrogen and oxygen atoms in total. The lowest BCUT2D eigenvalue weighted by Gasteiger charge is -2.11. The van der Waals surface area contributed by atoms with Crippen molar-refractivity contribution >= 4 is 5.91 Å². The minimum absolute atomic E-state index is 0.218. The van der Waals surface area contributed by atoms with E-state index in [-0.39, 0.29) is 18.3 Å². The number of aryl methyl sites for hydroxylation is 3. The van der Waals surface area contributed by atoms with Crippen LogP contribution in [0, 0.1) is 20.8 Å². The highest BCUT2D eigenvalue weighted by atomic mass is 16.5. The Labute approximate surface area is 171 Å². The summed E-state index contributed by atoms with van der Waals surface area (Å²) < 4.78 is 16.6. The number of carbonyl (C=O) groups is 1. The zero-order valence-corrected chi connectivity index (χ0v) is 17.4. The molecule has 0 fully saturated rings. The second-order valence-electron chi connectivity index (χ2n) is 7.09. The number of amides is 1. The Balaban J connectivity index is 1.53. The largest absolute Gasteiger partial charge is 0.493 e. The van der Waals surface area contributed by atoms with Crippen LogP contribution in [0.2, 0.25) is 0 Å². The Morgan fingerprint density at radius 1 is 1.00 bits per heavy atom. The molecule has 3 rings (SSSR count). The average molecular weight is 393 g/mol. The predicted octanol–water partition coefficient (Wildman–Crippen LogP) is 4.76. The summed E-state index contributed by atoms with van der Waals surface area (Å²) >= 11 is 0. The number of ether oxygens (including phenoxy) is 2. The fourth-order valence-electron chi connectivity index (χ4n) is 3.46. The first-order valence-electron chi connectivity index (χ1n) is 9.67. The standard InChI is InChI=1S/C24H27NO4/c1-16-13-17(2)20(18(3)14-16)11-12-25-24(26)23-10-9-19(29-23)15-28-22-8-6-5-7-21(22)27-4/h5-10,13-14H,11-12,15H2,1-4H3,(H,25,26). The molecule has 0 atom stereocenters. The SMILES string of the molecule is COc1ccccc1OCc1ccc(C(=O)NCCc2c(C)cc(C)cc2C)o1. The molecule has 5 heteroatoms. The van der Waals surface area contributed by atoms with Gasteiger partial charge in [-0.3, -0.25) is 4.79 Å². The molecule has 1 aromatic heterocycles. The molecule has 29 heavy (non-hydrogen) atoms. The molecule has 152 valence electrons. The van der Waals surface area contributed by atoms with Gasteiger partial charge < -0.3 is 19.2 Å². The summed E-state index contributed by atoms with van der Waals surface area (Å²) in [7, 11) is 1.59. The molecule has 0 aliphatic heterocycles. The fraction of sp³-hybridized carbons (Fsp3) is 0.292. The van der Waals surface area contributed by atoms with Gasteiger partial charge >= 0.3 is 0 Å². The van der Waals surface area contributed by atoms with Crippen LogP contribution in [0.25, 0.3) is 0 Å². The van der Waals surface area contributed by atoms with Crippen LogP contribution < -0.4 is 14.8 Å². The number of methoxy groups -OCH3 is 1. The smallest absolute Gasteiger partial charge is 0.287 e. The molecule has 0 radical (unpaired) electrons. The van der Waals surface area contributed by atoms with E-state index >= 15 is 0 Å². The van der Waals surface area contributed by atoms with Gasteiger partial charge in [-0.2, -0.15) is 0 Å². The molecule has 3 aromatic rings. The number of carbonyl (C=O) groups excluding carboxylic acids is 1. The van der Waals surface area contributed by atoms with E-state index in [1.807, 2.05) is 24.3 Å². The molecule has 0 spiro atoms. The Morgan fingerprint density at radius 2 is 1.69 bits per heavy atom. The molecule has 0 saturated heterocycles. The second-order valence-corrected chi connectivity index (χ2v) is 7.09. The lowest BCUT2D eigenvalue weighted by Crippen LogP contribution is -2.25. The van der Waals surface area contributed by atoms with Gasteiger partial charge in [-0.15, -0.1) is 0 Å². The van der Waals surface area contributed by atoms with E-state index in [0.717, 1.165) is 6.42 Å². The van der Waals surface area contributed by atoms with Gasteiger partial charge in [-0.25, -0.2) is 0 Å². The Hall–Kier alpha value is -3.21. The van der Waals surface area contributed by atoms with Crippen molar-refractivity contribution in [1.29, 1.82) is 0 Å². The van der Waals surface area contributed by atoms with Crippen molar-refractivity contribution < 1.29 is 18.7 Å². The quantitative estimate of drug-likeness (QED) is 0.599. The molecule has 0 bridgehead atoms. The Bertz CT molecular complexity index is 967. The number of rotatable bonds is 8.